The van der Waals surface area contributed by atoms with Crippen LogP contribution in [0.5, 0.6) is 0 Å². The predicted octanol–water partition coefficient (Wildman–Crippen LogP) is -1.75. The molecule has 0 saturated heterocycles. The zero-order chi connectivity index (χ0) is 7.98. The number of aliphatic hydroxyl groups excluding tert-OH is 4. The Morgan fingerprint density at radius 3 is 1.40 bits per heavy atom. The van der Waals surface area contributed by atoms with Crippen molar-refractivity contribution < 1.29 is 20.4 Å². The molecule has 0 amide bonds. The van der Waals surface area contributed by atoms with E-state index in [0.29, 0.717) is 0 Å². The number of aliphatic hydroxyl groups is 4. The maximum absolute atomic E-state index is 8.67. The molecule has 0 radical (unpaired) electrons. The highest BCUT2D eigenvalue weighted by molar-refractivity contribution is 4.92. The second-order valence-electron chi connectivity index (χ2n) is 1.88. The molecule has 0 bridgehead atoms. The van der Waals surface area contributed by atoms with Gasteiger partial charge in [0.05, 0.1) is 25.4 Å². The van der Waals surface area contributed by atoms with Crippen LogP contribution >= 0.6 is 0 Å². The van der Waals surface area contributed by atoms with E-state index in [1.54, 1.807) is 0 Å². The van der Waals surface area contributed by atoms with Crippen LogP contribution in [-0.4, -0.2) is 45.8 Å². The fourth-order valence-electron chi connectivity index (χ4n) is 0.378. The van der Waals surface area contributed by atoms with Gasteiger partial charge in [-0.25, -0.2) is 0 Å². The molecular weight excluding hydrogens is 136 g/mol. The van der Waals surface area contributed by atoms with Crippen molar-refractivity contribution in [2.24, 2.45) is 0 Å². The van der Waals surface area contributed by atoms with Crippen molar-refractivity contribution in [3.8, 4) is 0 Å². The molecule has 4 heteroatoms. The van der Waals surface area contributed by atoms with Gasteiger partial charge in [-0.1, -0.05) is 12.2 Å². The van der Waals surface area contributed by atoms with Crippen molar-refractivity contribution in [3.63, 3.8) is 0 Å². The summed E-state index contributed by atoms with van der Waals surface area (Å²) >= 11 is 0. The molecule has 4 N–H and O–H groups in total. The Kier molecular flexibility index (Phi) is 5.15. The van der Waals surface area contributed by atoms with Crippen LogP contribution in [0.3, 0.4) is 0 Å². The molecule has 0 spiro atoms. The molecule has 0 heterocycles. The maximum atomic E-state index is 8.67. The van der Waals surface area contributed by atoms with Crippen LogP contribution in [0.2, 0.25) is 0 Å². The Morgan fingerprint density at radius 1 is 0.900 bits per heavy atom. The molecule has 0 aliphatic rings. The summed E-state index contributed by atoms with van der Waals surface area (Å²) in [7, 11) is 0. The molecule has 0 aromatic carbocycles. The van der Waals surface area contributed by atoms with E-state index in [9.17, 15) is 0 Å². The minimum Gasteiger partial charge on any atom is -0.393 e. The van der Waals surface area contributed by atoms with Crippen LogP contribution in [0.25, 0.3) is 0 Å². The van der Waals surface area contributed by atoms with E-state index in [-0.39, 0.29) is 13.2 Å². The normalized spacial score (nSPS) is 17.6. The van der Waals surface area contributed by atoms with Crippen LogP contribution in [0.1, 0.15) is 0 Å². The van der Waals surface area contributed by atoms with Gasteiger partial charge >= 0.3 is 0 Å². The molecule has 0 saturated carbocycles. The molecule has 10 heavy (non-hydrogen) atoms. The SMILES string of the molecule is OC[C@@H](O)/C=C/[C@H](O)CO. The fraction of sp³-hybridized carbons (Fsp3) is 0.667. The Balaban J connectivity index is 3.52. The third kappa shape index (κ3) is 4.46. The largest absolute Gasteiger partial charge is 0.393 e. The lowest BCUT2D eigenvalue weighted by Gasteiger charge is -2.01. The Morgan fingerprint density at radius 2 is 1.20 bits per heavy atom. The zero-order valence-electron chi connectivity index (χ0n) is 5.51. The van der Waals surface area contributed by atoms with Crippen molar-refractivity contribution >= 4 is 0 Å². The Bertz CT molecular complexity index is 89.9. The number of rotatable bonds is 4. The molecule has 0 aliphatic heterocycles. The van der Waals surface area contributed by atoms with Crippen LogP contribution in [0, 0.1) is 0 Å². The quantitative estimate of drug-likeness (QED) is 0.356. The minimum absolute atomic E-state index is 0.380. The van der Waals surface area contributed by atoms with E-state index >= 15 is 0 Å². The first-order valence-corrected chi connectivity index (χ1v) is 2.97. The highest BCUT2D eigenvalue weighted by atomic mass is 16.3. The van der Waals surface area contributed by atoms with Crippen LogP contribution < -0.4 is 0 Å². The highest BCUT2D eigenvalue weighted by Gasteiger charge is 1.97. The smallest absolute Gasteiger partial charge is 0.0952 e. The summed E-state index contributed by atoms with van der Waals surface area (Å²) in [6.45, 7) is -0.761. The second-order valence-corrected chi connectivity index (χ2v) is 1.88. The highest BCUT2D eigenvalue weighted by Crippen LogP contribution is 1.88. The average Bonchev–Trinajstić information content (AvgIpc) is 1.99. The van der Waals surface area contributed by atoms with E-state index in [0.717, 1.165) is 0 Å². The summed E-state index contributed by atoms with van der Waals surface area (Å²) in [4.78, 5) is 0. The Labute approximate surface area is 59.1 Å². The van der Waals surface area contributed by atoms with Crippen molar-refractivity contribution in [2.75, 3.05) is 13.2 Å². The van der Waals surface area contributed by atoms with Crippen molar-refractivity contribution in [2.45, 2.75) is 12.2 Å². The summed E-state index contributed by atoms with van der Waals surface area (Å²) in [5.41, 5.74) is 0. The molecule has 60 valence electrons. The molecule has 0 fully saturated rings. The summed E-state index contributed by atoms with van der Waals surface area (Å²) < 4.78 is 0. The van der Waals surface area contributed by atoms with Crippen molar-refractivity contribution in [1.29, 1.82) is 0 Å². The van der Waals surface area contributed by atoms with Gasteiger partial charge in [-0.05, 0) is 0 Å². The van der Waals surface area contributed by atoms with Gasteiger partial charge in [0.2, 0.25) is 0 Å². The first kappa shape index (κ1) is 9.58. The first-order valence-electron chi connectivity index (χ1n) is 2.97. The van der Waals surface area contributed by atoms with Crippen molar-refractivity contribution in [3.05, 3.63) is 12.2 Å². The third-order valence-corrected chi connectivity index (χ3v) is 0.930. The summed E-state index contributed by atoms with van der Waals surface area (Å²) in [5.74, 6) is 0. The molecule has 0 unspecified atom stereocenters. The van der Waals surface area contributed by atoms with Crippen molar-refractivity contribution in [1.82, 2.24) is 0 Å². The maximum Gasteiger partial charge on any atom is 0.0952 e. The summed E-state index contributed by atoms with van der Waals surface area (Å²) in [6.07, 6.45) is 0.532. The molecule has 0 aliphatic carbocycles. The second kappa shape index (κ2) is 5.37. The van der Waals surface area contributed by atoms with Crippen LogP contribution in [-0.2, 0) is 0 Å². The van der Waals surface area contributed by atoms with E-state index in [4.69, 9.17) is 20.4 Å². The van der Waals surface area contributed by atoms with E-state index in [1.807, 2.05) is 0 Å². The topological polar surface area (TPSA) is 80.9 Å². The number of hydrogen-bond acceptors (Lipinski definition) is 4. The molecule has 0 aromatic rings. The van der Waals surface area contributed by atoms with Gasteiger partial charge in [0.1, 0.15) is 0 Å². The minimum atomic E-state index is -0.957. The van der Waals surface area contributed by atoms with E-state index < -0.39 is 12.2 Å². The lowest BCUT2D eigenvalue weighted by Crippen LogP contribution is -2.12. The lowest BCUT2D eigenvalue weighted by atomic mass is 10.3. The predicted molar refractivity (Wildman–Crippen MR) is 35.3 cm³/mol. The van der Waals surface area contributed by atoms with Gasteiger partial charge in [0.15, 0.2) is 0 Å². The standard InChI is InChI=1S/C6H12O4/c7-3-5(9)1-2-6(10)4-8/h1-2,5-10H,3-4H2/b2-1+/t5-,6-/m0/s1. The monoisotopic (exact) mass is 148 g/mol. The lowest BCUT2D eigenvalue weighted by molar-refractivity contribution is 0.119. The van der Waals surface area contributed by atoms with Crippen LogP contribution in [0.15, 0.2) is 12.2 Å². The van der Waals surface area contributed by atoms with Gasteiger partial charge in [-0.15, -0.1) is 0 Å². The van der Waals surface area contributed by atoms with Crippen LogP contribution in [0.4, 0.5) is 0 Å². The van der Waals surface area contributed by atoms with Gasteiger partial charge in [-0.3, -0.25) is 0 Å². The first-order chi connectivity index (χ1) is 4.70. The molecular formula is C6H12O4. The van der Waals surface area contributed by atoms with E-state index in [1.165, 1.54) is 12.2 Å². The summed E-state index contributed by atoms with van der Waals surface area (Å²) in [6, 6.07) is 0. The molecule has 4 nitrogen and oxygen atoms in total. The number of hydrogen-bond donors (Lipinski definition) is 4. The molecule has 0 aromatic heterocycles. The molecule has 0 rings (SSSR count). The Hall–Kier alpha value is -0.420. The third-order valence-electron chi connectivity index (χ3n) is 0.930. The van der Waals surface area contributed by atoms with Gasteiger partial charge in [-0.2, -0.15) is 0 Å². The zero-order valence-corrected chi connectivity index (χ0v) is 5.51. The summed E-state index contributed by atoms with van der Waals surface area (Å²) in [5, 5.41) is 33.9. The molecule has 2 atom stereocenters. The van der Waals surface area contributed by atoms with E-state index in [2.05, 4.69) is 0 Å². The van der Waals surface area contributed by atoms with Gasteiger partial charge < -0.3 is 20.4 Å². The average molecular weight is 148 g/mol. The fourth-order valence-corrected chi connectivity index (χ4v) is 0.378. The van der Waals surface area contributed by atoms with Gasteiger partial charge in [0, 0.05) is 0 Å². The van der Waals surface area contributed by atoms with Gasteiger partial charge in [0.25, 0.3) is 0 Å².